The summed E-state index contributed by atoms with van der Waals surface area (Å²) in [5, 5.41) is 3.06. The number of anilines is 1. The Morgan fingerprint density at radius 1 is 1.09 bits per heavy atom. The van der Waals surface area contributed by atoms with Crippen LogP contribution in [0.1, 0.15) is 31.2 Å². The van der Waals surface area contributed by atoms with Crippen LogP contribution in [0.5, 0.6) is 0 Å². The summed E-state index contributed by atoms with van der Waals surface area (Å²) < 4.78 is 0. The zero-order valence-electron chi connectivity index (χ0n) is 13.6. The van der Waals surface area contributed by atoms with E-state index in [1.54, 1.807) is 0 Å². The molecular formula is C18H27N3O. The van der Waals surface area contributed by atoms with Crippen molar-refractivity contribution >= 4 is 11.6 Å². The second-order valence-corrected chi connectivity index (χ2v) is 6.75. The van der Waals surface area contributed by atoms with Crippen molar-refractivity contribution in [3.05, 3.63) is 29.8 Å². The van der Waals surface area contributed by atoms with Gasteiger partial charge in [-0.2, -0.15) is 0 Å². The minimum atomic E-state index is 0.198. The fourth-order valence-corrected chi connectivity index (χ4v) is 3.39. The van der Waals surface area contributed by atoms with Crippen molar-refractivity contribution in [2.24, 2.45) is 5.92 Å². The zero-order chi connectivity index (χ0) is 15.4. The molecule has 4 nitrogen and oxygen atoms in total. The van der Waals surface area contributed by atoms with E-state index in [0.29, 0.717) is 0 Å². The van der Waals surface area contributed by atoms with Crippen LogP contribution in [0.3, 0.4) is 0 Å². The quantitative estimate of drug-likeness (QED) is 0.928. The molecule has 1 N–H and O–H groups in total. The van der Waals surface area contributed by atoms with Gasteiger partial charge in [-0.15, -0.1) is 0 Å². The minimum Gasteiger partial charge on any atom is -0.326 e. The summed E-state index contributed by atoms with van der Waals surface area (Å²) in [6.45, 7) is 5.57. The average molecular weight is 301 g/mol. The van der Waals surface area contributed by atoms with E-state index in [-0.39, 0.29) is 11.8 Å². The molecule has 1 aromatic carbocycles. The third-order valence-electron chi connectivity index (χ3n) is 4.95. The van der Waals surface area contributed by atoms with Crippen LogP contribution in [0.25, 0.3) is 0 Å². The van der Waals surface area contributed by atoms with Crippen molar-refractivity contribution in [2.75, 3.05) is 38.5 Å². The summed E-state index contributed by atoms with van der Waals surface area (Å²) in [6.07, 6.45) is 4.49. The van der Waals surface area contributed by atoms with Crippen LogP contribution in [-0.4, -0.2) is 48.9 Å². The van der Waals surface area contributed by atoms with Crippen LogP contribution in [0, 0.1) is 5.92 Å². The van der Waals surface area contributed by atoms with Gasteiger partial charge in [0, 0.05) is 44.3 Å². The monoisotopic (exact) mass is 301 g/mol. The predicted octanol–water partition coefficient (Wildman–Crippen LogP) is 2.56. The van der Waals surface area contributed by atoms with Gasteiger partial charge in [0.1, 0.15) is 0 Å². The molecule has 1 aromatic rings. The molecular weight excluding hydrogens is 274 g/mol. The summed E-state index contributed by atoms with van der Waals surface area (Å²) in [4.78, 5) is 17.0. The lowest BCUT2D eigenvalue weighted by atomic mass is 10.1. The highest BCUT2D eigenvalue weighted by molar-refractivity contribution is 5.92. The minimum absolute atomic E-state index is 0.198. The molecule has 0 atom stereocenters. The van der Waals surface area contributed by atoms with Gasteiger partial charge in [-0.05, 0) is 37.6 Å². The van der Waals surface area contributed by atoms with E-state index in [2.05, 4.69) is 34.3 Å². The van der Waals surface area contributed by atoms with E-state index in [0.717, 1.165) is 51.3 Å². The summed E-state index contributed by atoms with van der Waals surface area (Å²) in [5.74, 6) is 0.425. The lowest BCUT2D eigenvalue weighted by Crippen LogP contribution is -2.43. The lowest BCUT2D eigenvalue weighted by Gasteiger charge is -2.32. The first-order valence-electron chi connectivity index (χ1n) is 8.51. The third kappa shape index (κ3) is 4.08. The van der Waals surface area contributed by atoms with Crippen molar-refractivity contribution in [2.45, 2.75) is 32.2 Å². The highest BCUT2D eigenvalue weighted by atomic mass is 16.1. The molecule has 2 fully saturated rings. The van der Waals surface area contributed by atoms with Gasteiger partial charge in [0.05, 0.1) is 0 Å². The number of amides is 1. The van der Waals surface area contributed by atoms with E-state index in [1.165, 1.54) is 18.4 Å². The van der Waals surface area contributed by atoms with Crippen LogP contribution in [0.4, 0.5) is 5.69 Å². The lowest BCUT2D eigenvalue weighted by molar-refractivity contribution is -0.119. The second-order valence-electron chi connectivity index (χ2n) is 6.75. The Labute approximate surface area is 133 Å². The van der Waals surface area contributed by atoms with Gasteiger partial charge in [0.2, 0.25) is 5.91 Å². The number of rotatable bonds is 4. The molecule has 22 heavy (non-hydrogen) atoms. The number of piperazine rings is 1. The SMILES string of the molecule is CN1CCN(Cc2ccc(NC(=O)C3CCCC3)cc2)CC1. The average Bonchev–Trinajstić information content (AvgIpc) is 3.06. The molecule has 1 aliphatic carbocycles. The summed E-state index contributed by atoms with van der Waals surface area (Å²) in [7, 11) is 2.18. The third-order valence-corrected chi connectivity index (χ3v) is 4.95. The fourth-order valence-electron chi connectivity index (χ4n) is 3.39. The van der Waals surface area contributed by atoms with Gasteiger partial charge in [-0.3, -0.25) is 9.69 Å². The maximum atomic E-state index is 12.1. The maximum absolute atomic E-state index is 12.1. The number of carbonyl (C=O) groups is 1. The van der Waals surface area contributed by atoms with Gasteiger partial charge in [-0.1, -0.05) is 25.0 Å². The van der Waals surface area contributed by atoms with Gasteiger partial charge in [0.25, 0.3) is 0 Å². The van der Waals surface area contributed by atoms with Crippen molar-refractivity contribution in [1.82, 2.24) is 9.80 Å². The maximum Gasteiger partial charge on any atom is 0.227 e. The van der Waals surface area contributed by atoms with Crippen LogP contribution in [0.2, 0.25) is 0 Å². The molecule has 1 saturated heterocycles. The Morgan fingerprint density at radius 2 is 1.73 bits per heavy atom. The summed E-state index contributed by atoms with van der Waals surface area (Å²) >= 11 is 0. The van der Waals surface area contributed by atoms with Crippen LogP contribution >= 0.6 is 0 Å². The molecule has 0 spiro atoms. The van der Waals surface area contributed by atoms with Gasteiger partial charge in [0.15, 0.2) is 0 Å². The van der Waals surface area contributed by atoms with E-state index >= 15 is 0 Å². The Hall–Kier alpha value is -1.39. The molecule has 1 amide bonds. The number of carbonyl (C=O) groups excluding carboxylic acids is 1. The molecule has 1 heterocycles. The number of nitrogens with one attached hydrogen (secondary N) is 1. The standard InChI is InChI=1S/C18H27N3O/c1-20-10-12-21(13-11-20)14-15-6-8-17(9-7-15)19-18(22)16-4-2-3-5-16/h6-9,16H,2-5,10-14H2,1H3,(H,19,22). The number of likely N-dealkylation sites (N-methyl/N-ethyl adjacent to an activating group) is 1. The van der Waals surface area contributed by atoms with Crippen LogP contribution in [0.15, 0.2) is 24.3 Å². The first-order valence-corrected chi connectivity index (χ1v) is 8.51. The normalized spacial score (nSPS) is 21.1. The zero-order valence-corrected chi connectivity index (χ0v) is 13.6. The molecule has 1 saturated carbocycles. The smallest absolute Gasteiger partial charge is 0.227 e. The molecule has 4 heteroatoms. The number of hydrogen-bond donors (Lipinski definition) is 1. The molecule has 3 rings (SSSR count). The van der Waals surface area contributed by atoms with Crippen molar-refractivity contribution in [3.8, 4) is 0 Å². The Balaban J connectivity index is 1.50. The first kappa shape index (κ1) is 15.5. The van der Waals surface area contributed by atoms with E-state index in [1.807, 2.05) is 12.1 Å². The number of hydrogen-bond acceptors (Lipinski definition) is 3. The number of benzene rings is 1. The van der Waals surface area contributed by atoms with Crippen molar-refractivity contribution < 1.29 is 4.79 Å². The largest absolute Gasteiger partial charge is 0.326 e. The molecule has 0 unspecified atom stereocenters. The Morgan fingerprint density at radius 3 is 2.36 bits per heavy atom. The van der Waals surface area contributed by atoms with Crippen molar-refractivity contribution in [3.63, 3.8) is 0 Å². The predicted molar refractivity (Wildman–Crippen MR) is 89.8 cm³/mol. The van der Waals surface area contributed by atoms with Gasteiger partial charge >= 0.3 is 0 Å². The Bertz CT molecular complexity index is 486. The fraction of sp³-hybridized carbons (Fsp3) is 0.611. The molecule has 0 bridgehead atoms. The van der Waals surface area contributed by atoms with E-state index < -0.39 is 0 Å². The van der Waals surface area contributed by atoms with Crippen LogP contribution in [-0.2, 0) is 11.3 Å². The van der Waals surface area contributed by atoms with Gasteiger partial charge in [-0.25, -0.2) is 0 Å². The molecule has 2 aliphatic rings. The number of nitrogens with zero attached hydrogens (tertiary/aromatic N) is 2. The molecule has 0 aromatic heterocycles. The topological polar surface area (TPSA) is 35.6 Å². The summed E-state index contributed by atoms with van der Waals surface area (Å²) in [5.41, 5.74) is 2.25. The van der Waals surface area contributed by atoms with Gasteiger partial charge < -0.3 is 10.2 Å². The van der Waals surface area contributed by atoms with E-state index in [9.17, 15) is 4.79 Å². The highest BCUT2D eigenvalue weighted by Gasteiger charge is 2.22. The second kappa shape index (κ2) is 7.25. The summed E-state index contributed by atoms with van der Waals surface area (Å²) in [6, 6.07) is 8.36. The molecule has 0 radical (unpaired) electrons. The highest BCUT2D eigenvalue weighted by Crippen LogP contribution is 2.26. The first-order chi connectivity index (χ1) is 10.7. The molecule has 1 aliphatic heterocycles. The Kier molecular flexibility index (Phi) is 5.11. The van der Waals surface area contributed by atoms with E-state index in [4.69, 9.17) is 0 Å². The van der Waals surface area contributed by atoms with Crippen molar-refractivity contribution in [1.29, 1.82) is 0 Å². The van der Waals surface area contributed by atoms with Crippen LogP contribution < -0.4 is 5.32 Å². The molecule has 120 valence electrons.